The van der Waals surface area contributed by atoms with Crippen LogP contribution in [0, 0.1) is 0 Å². The van der Waals surface area contributed by atoms with Gasteiger partial charge in [0.15, 0.2) is 7.14 Å². The number of rotatable bonds is 3. The molecule has 103 valence electrons. The Morgan fingerprint density at radius 3 is 0.952 bits per heavy atom. The fourth-order valence-electron chi connectivity index (χ4n) is 2.36. The van der Waals surface area contributed by atoms with Crippen LogP contribution in [0.2, 0.25) is 0 Å². The van der Waals surface area contributed by atoms with Gasteiger partial charge in [-0.25, -0.2) is 0 Å². The van der Waals surface area contributed by atoms with Crippen LogP contribution in [0.4, 0.5) is 0 Å². The van der Waals surface area contributed by atoms with Crippen LogP contribution in [-0.4, -0.2) is 0 Å². The largest absolute Gasteiger partial charge is 0.309 e. The van der Waals surface area contributed by atoms with Crippen LogP contribution in [0.25, 0.3) is 0 Å². The molecule has 0 amide bonds. The minimum atomic E-state index is -2.78. The molecule has 0 fully saturated rings. The highest BCUT2D eigenvalue weighted by Crippen LogP contribution is 2.41. The molecule has 0 spiro atoms. The molecule has 0 atom stereocenters. The van der Waals surface area contributed by atoms with Gasteiger partial charge in [-0.15, -0.1) is 0 Å². The van der Waals surface area contributed by atoms with Crippen LogP contribution in [0.15, 0.2) is 91.0 Å². The van der Waals surface area contributed by atoms with Crippen molar-refractivity contribution in [2.45, 2.75) is 0 Å². The highest BCUT2D eigenvalue weighted by Gasteiger charge is 2.28. The van der Waals surface area contributed by atoms with Crippen molar-refractivity contribution in [2.24, 2.45) is 0 Å². The van der Waals surface area contributed by atoms with Gasteiger partial charge in [0.05, 0.1) is 0 Å². The number of hydrogen-bond acceptors (Lipinski definition) is 1. The summed E-state index contributed by atoms with van der Waals surface area (Å²) >= 11 is 0. The summed E-state index contributed by atoms with van der Waals surface area (Å²) in [5.41, 5.74) is 0. The number of hydrogen-bond donors (Lipinski definition) is 0. The van der Waals surface area contributed by atoms with E-state index in [1.165, 1.54) is 0 Å². The molecule has 3 aromatic carbocycles. The van der Waals surface area contributed by atoms with E-state index in [1.807, 2.05) is 91.0 Å². The average molecular weight is 309 g/mol. The summed E-state index contributed by atoms with van der Waals surface area (Å²) in [7, 11) is -2.78. The second kappa shape index (κ2) is 6.85. The second-order valence-electron chi connectivity index (χ2n) is 4.62. The molecule has 3 rings (SSSR count). The molecular weight excluding hydrogens is 294 g/mol. The van der Waals surface area contributed by atoms with Gasteiger partial charge < -0.3 is 4.57 Å². The van der Waals surface area contributed by atoms with Gasteiger partial charge in [0.1, 0.15) is 0 Å². The van der Waals surface area contributed by atoms with Crippen LogP contribution >= 0.6 is 17.0 Å². The summed E-state index contributed by atoms with van der Waals surface area (Å²) in [5.74, 6) is 0. The first-order valence-corrected chi connectivity index (χ1v) is 8.29. The van der Waals surface area contributed by atoms with Crippen molar-refractivity contribution in [2.75, 3.05) is 0 Å². The fraction of sp³-hybridized carbons (Fsp3) is 0. The van der Waals surface area contributed by atoms with Crippen LogP contribution < -0.4 is 15.9 Å². The zero-order valence-electron chi connectivity index (χ0n) is 11.5. The quantitative estimate of drug-likeness (QED) is 0.663. The maximum atomic E-state index is 13.8. The second-order valence-corrected chi connectivity index (χ2v) is 7.38. The highest BCUT2D eigenvalue weighted by molar-refractivity contribution is 7.85. The minimum Gasteiger partial charge on any atom is -0.309 e. The summed E-state index contributed by atoms with van der Waals surface area (Å²) in [5, 5.41) is 2.62. The molecule has 0 unspecified atom stereocenters. The topological polar surface area (TPSA) is 17.1 Å². The van der Waals surface area contributed by atoms with Crippen LogP contribution in [-0.2, 0) is 4.57 Å². The van der Waals surface area contributed by atoms with Gasteiger partial charge in [-0.1, -0.05) is 91.0 Å². The van der Waals surface area contributed by atoms with Crippen molar-refractivity contribution in [1.29, 1.82) is 0 Å². The zero-order chi connectivity index (χ0) is 13.8. The van der Waals surface area contributed by atoms with Gasteiger partial charge in [0.25, 0.3) is 0 Å². The van der Waals surface area contributed by atoms with Crippen molar-refractivity contribution in [3.05, 3.63) is 91.0 Å². The Morgan fingerprint density at radius 1 is 0.476 bits per heavy atom. The van der Waals surface area contributed by atoms with Gasteiger partial charge in [0.2, 0.25) is 0 Å². The predicted octanol–water partition coefficient (Wildman–Crippen LogP) is 4.19. The molecular formula is C18H15OP2. The van der Waals surface area contributed by atoms with E-state index >= 15 is 0 Å². The molecule has 21 heavy (non-hydrogen) atoms. The van der Waals surface area contributed by atoms with E-state index in [-0.39, 0.29) is 9.90 Å². The predicted molar refractivity (Wildman–Crippen MR) is 92.8 cm³/mol. The third kappa shape index (κ3) is 3.00. The highest BCUT2D eigenvalue weighted by atomic mass is 31.2. The molecule has 0 bridgehead atoms. The Hall–Kier alpha value is -1.68. The lowest BCUT2D eigenvalue weighted by Gasteiger charge is -2.19. The SMILES string of the molecule is O=P(c1ccccc1)(c1ccccc1)c1ccccc1.[P]. The van der Waals surface area contributed by atoms with Gasteiger partial charge in [-0.2, -0.15) is 0 Å². The Morgan fingerprint density at radius 2 is 0.714 bits per heavy atom. The molecule has 3 heteroatoms. The third-order valence-electron chi connectivity index (χ3n) is 3.36. The zero-order valence-corrected chi connectivity index (χ0v) is 13.3. The Balaban J connectivity index is 0.00000161. The van der Waals surface area contributed by atoms with Gasteiger partial charge in [-0.3, -0.25) is 0 Å². The smallest absolute Gasteiger partial charge is 0.171 e. The molecule has 0 heterocycles. The lowest BCUT2D eigenvalue weighted by Crippen LogP contribution is -2.24. The Kier molecular flexibility index (Phi) is 5.12. The molecule has 0 aromatic heterocycles. The minimum absolute atomic E-state index is 0. The molecule has 0 aliphatic carbocycles. The maximum Gasteiger partial charge on any atom is 0.171 e. The molecule has 0 saturated heterocycles. The van der Waals surface area contributed by atoms with Gasteiger partial charge in [0, 0.05) is 25.8 Å². The maximum absolute atomic E-state index is 13.8. The van der Waals surface area contributed by atoms with Crippen LogP contribution in [0.5, 0.6) is 0 Å². The standard InChI is InChI=1S/C18H15OP.P/c19-20(16-10-4-1-5-11-16,17-12-6-2-7-13-17)18-14-8-3-9-15-18;/h1-15H;. The van der Waals surface area contributed by atoms with Crippen molar-refractivity contribution in [1.82, 2.24) is 0 Å². The van der Waals surface area contributed by atoms with E-state index in [1.54, 1.807) is 0 Å². The summed E-state index contributed by atoms with van der Waals surface area (Å²) in [6.07, 6.45) is 0. The van der Waals surface area contributed by atoms with E-state index in [0.717, 1.165) is 15.9 Å². The van der Waals surface area contributed by atoms with Crippen molar-refractivity contribution >= 4 is 33.0 Å². The summed E-state index contributed by atoms with van der Waals surface area (Å²) in [6.45, 7) is 0. The van der Waals surface area contributed by atoms with Crippen LogP contribution in [0.1, 0.15) is 0 Å². The Bertz CT molecular complexity index is 622. The molecule has 1 nitrogen and oxygen atoms in total. The van der Waals surface area contributed by atoms with Crippen LogP contribution in [0.3, 0.4) is 0 Å². The Labute approximate surface area is 129 Å². The molecule has 0 aliphatic rings. The summed E-state index contributed by atoms with van der Waals surface area (Å²) < 4.78 is 13.8. The first-order chi connectivity index (χ1) is 9.82. The lowest BCUT2D eigenvalue weighted by molar-refractivity contribution is 0.592. The van der Waals surface area contributed by atoms with E-state index in [0.29, 0.717) is 0 Å². The van der Waals surface area contributed by atoms with E-state index in [2.05, 4.69) is 0 Å². The molecule has 0 aliphatic heterocycles. The summed E-state index contributed by atoms with van der Waals surface area (Å²) in [4.78, 5) is 0. The molecule has 0 N–H and O–H groups in total. The van der Waals surface area contributed by atoms with E-state index in [9.17, 15) is 4.57 Å². The molecule has 3 radical (unpaired) electrons. The average Bonchev–Trinajstić information content (AvgIpc) is 2.56. The lowest BCUT2D eigenvalue weighted by atomic mass is 10.4. The van der Waals surface area contributed by atoms with Gasteiger partial charge in [-0.05, 0) is 0 Å². The normalized spacial score (nSPS) is 10.7. The monoisotopic (exact) mass is 309 g/mol. The van der Waals surface area contributed by atoms with Crippen molar-refractivity contribution in [3.63, 3.8) is 0 Å². The first-order valence-electron chi connectivity index (χ1n) is 6.59. The summed E-state index contributed by atoms with van der Waals surface area (Å²) in [6, 6.07) is 29.1. The van der Waals surface area contributed by atoms with Crippen molar-refractivity contribution < 1.29 is 4.57 Å². The number of benzene rings is 3. The van der Waals surface area contributed by atoms with Gasteiger partial charge >= 0.3 is 0 Å². The molecule has 0 saturated carbocycles. The first kappa shape index (κ1) is 15.7. The van der Waals surface area contributed by atoms with Crippen molar-refractivity contribution in [3.8, 4) is 0 Å². The molecule has 3 aromatic rings. The van der Waals surface area contributed by atoms with E-state index in [4.69, 9.17) is 0 Å². The fourth-order valence-corrected chi connectivity index (χ4v) is 5.03. The van der Waals surface area contributed by atoms with E-state index < -0.39 is 7.14 Å². The third-order valence-corrected chi connectivity index (χ3v) is 6.44.